The van der Waals surface area contributed by atoms with Crippen LogP contribution < -0.4 is 5.32 Å². The molecule has 1 saturated carbocycles. The first-order valence-corrected chi connectivity index (χ1v) is 9.47. The van der Waals surface area contributed by atoms with Gasteiger partial charge in [-0.1, -0.05) is 36.8 Å². The number of hydrogen-bond donors (Lipinski definition) is 1. The number of rotatable bonds is 6. The molecule has 27 heavy (non-hydrogen) atoms. The van der Waals surface area contributed by atoms with Gasteiger partial charge >= 0.3 is 12.1 Å². The van der Waals surface area contributed by atoms with E-state index in [0.29, 0.717) is 6.42 Å². The maximum absolute atomic E-state index is 12.6. The number of hydrogen-bond acceptors (Lipinski definition) is 5. The van der Waals surface area contributed by atoms with Gasteiger partial charge in [0.2, 0.25) is 0 Å². The Hall–Kier alpha value is -2.37. The fourth-order valence-electron chi connectivity index (χ4n) is 3.08. The molecule has 1 amide bonds. The van der Waals surface area contributed by atoms with Gasteiger partial charge in [-0.05, 0) is 45.6 Å². The number of Topliss-reactive ketones (excluding diaryl/α,β-unsaturated/α-hetero) is 1. The van der Waals surface area contributed by atoms with Crippen LogP contribution in [0.15, 0.2) is 30.3 Å². The lowest BCUT2D eigenvalue weighted by Gasteiger charge is -2.26. The van der Waals surface area contributed by atoms with Gasteiger partial charge in [-0.2, -0.15) is 0 Å². The number of nitrogens with one attached hydrogen (secondary N) is 1. The Morgan fingerprint density at radius 1 is 1.19 bits per heavy atom. The van der Waals surface area contributed by atoms with Gasteiger partial charge in [-0.3, -0.25) is 4.79 Å². The van der Waals surface area contributed by atoms with Crippen LogP contribution in [0.5, 0.6) is 0 Å². The number of carbonyl (C=O) groups is 3. The molecule has 0 saturated heterocycles. The van der Waals surface area contributed by atoms with Crippen molar-refractivity contribution in [2.45, 2.75) is 71.1 Å². The molecular weight excluding hydrogens is 346 g/mol. The van der Waals surface area contributed by atoms with Crippen LogP contribution in [0.2, 0.25) is 0 Å². The highest BCUT2D eigenvalue weighted by Crippen LogP contribution is 2.25. The molecule has 0 radical (unpaired) electrons. The molecule has 6 heteroatoms. The Balaban J connectivity index is 2.01. The van der Waals surface area contributed by atoms with E-state index in [0.717, 1.165) is 24.8 Å². The lowest BCUT2D eigenvalue weighted by Crippen LogP contribution is -2.46. The van der Waals surface area contributed by atoms with Gasteiger partial charge in [0.1, 0.15) is 24.0 Å². The van der Waals surface area contributed by atoms with Crippen molar-refractivity contribution in [3.8, 4) is 0 Å². The normalized spacial score (nSPS) is 18.5. The third kappa shape index (κ3) is 7.41. The van der Waals surface area contributed by atoms with E-state index in [2.05, 4.69) is 5.32 Å². The van der Waals surface area contributed by atoms with Gasteiger partial charge in [0, 0.05) is 12.3 Å². The first-order valence-electron chi connectivity index (χ1n) is 9.47. The lowest BCUT2D eigenvalue weighted by atomic mass is 9.83. The summed E-state index contributed by atoms with van der Waals surface area (Å²) in [5.41, 5.74) is 0.180. The predicted molar refractivity (Wildman–Crippen MR) is 101 cm³/mol. The third-order valence-electron chi connectivity index (χ3n) is 4.40. The van der Waals surface area contributed by atoms with E-state index in [4.69, 9.17) is 9.47 Å². The Morgan fingerprint density at radius 3 is 2.52 bits per heavy atom. The van der Waals surface area contributed by atoms with E-state index in [1.807, 2.05) is 30.3 Å². The maximum Gasteiger partial charge on any atom is 0.408 e. The zero-order valence-electron chi connectivity index (χ0n) is 16.3. The number of benzene rings is 1. The second-order valence-electron chi connectivity index (χ2n) is 7.94. The summed E-state index contributed by atoms with van der Waals surface area (Å²) < 4.78 is 10.6. The number of carbonyl (C=O) groups excluding carboxylic acids is 3. The third-order valence-corrected chi connectivity index (χ3v) is 4.40. The average molecular weight is 375 g/mol. The molecule has 1 aliphatic rings. The predicted octanol–water partition coefficient (Wildman–Crippen LogP) is 3.77. The molecule has 0 aliphatic heterocycles. The van der Waals surface area contributed by atoms with E-state index in [1.54, 1.807) is 20.8 Å². The van der Waals surface area contributed by atoms with Crippen molar-refractivity contribution in [1.29, 1.82) is 0 Å². The number of ketones is 1. The molecule has 2 rings (SSSR count). The van der Waals surface area contributed by atoms with Crippen molar-refractivity contribution < 1.29 is 23.9 Å². The van der Waals surface area contributed by atoms with E-state index >= 15 is 0 Å². The van der Waals surface area contributed by atoms with Crippen molar-refractivity contribution >= 4 is 17.8 Å². The van der Waals surface area contributed by atoms with Gasteiger partial charge < -0.3 is 14.8 Å². The highest BCUT2D eigenvalue weighted by atomic mass is 16.6. The highest BCUT2D eigenvalue weighted by Gasteiger charge is 2.32. The smallest absolute Gasteiger partial charge is 0.408 e. The van der Waals surface area contributed by atoms with Crippen LogP contribution in [0.3, 0.4) is 0 Å². The Kier molecular flexibility index (Phi) is 7.39. The molecule has 1 aliphatic carbocycles. The fourth-order valence-corrected chi connectivity index (χ4v) is 3.08. The molecule has 1 N–H and O–H groups in total. The van der Waals surface area contributed by atoms with Crippen molar-refractivity contribution in [2.75, 3.05) is 0 Å². The van der Waals surface area contributed by atoms with Crippen LogP contribution in [-0.4, -0.2) is 29.5 Å². The topological polar surface area (TPSA) is 81.7 Å². The fraction of sp³-hybridized carbons (Fsp3) is 0.571. The molecule has 0 aromatic heterocycles. The molecule has 0 heterocycles. The highest BCUT2D eigenvalue weighted by molar-refractivity contribution is 5.85. The van der Waals surface area contributed by atoms with Crippen molar-refractivity contribution in [2.24, 2.45) is 5.92 Å². The molecule has 1 fully saturated rings. The minimum Gasteiger partial charge on any atom is -0.459 e. The van der Waals surface area contributed by atoms with E-state index < -0.39 is 23.7 Å². The molecule has 2 atom stereocenters. The standard InChI is InChI=1S/C21H29NO5/c1-21(2,3)27-20(25)22-17(13-16-11-7-8-12-18(16)23)19(24)26-14-15-9-5-4-6-10-15/h4-6,9-10,16-17H,7-8,11-14H2,1-3H3,(H,22,25)/t16?,17-/m0/s1. The maximum atomic E-state index is 12.6. The van der Waals surface area contributed by atoms with Gasteiger partial charge in [0.25, 0.3) is 0 Å². The largest absolute Gasteiger partial charge is 0.459 e. The number of ether oxygens (including phenoxy) is 2. The average Bonchev–Trinajstić information content (AvgIpc) is 2.60. The molecule has 0 bridgehead atoms. The Bertz CT molecular complexity index is 650. The second-order valence-corrected chi connectivity index (χ2v) is 7.94. The van der Waals surface area contributed by atoms with Gasteiger partial charge in [0.15, 0.2) is 0 Å². The molecule has 0 spiro atoms. The molecule has 6 nitrogen and oxygen atoms in total. The SMILES string of the molecule is CC(C)(C)OC(=O)N[C@@H](CC1CCCCC1=O)C(=O)OCc1ccccc1. The summed E-state index contributed by atoms with van der Waals surface area (Å²) in [6.45, 7) is 5.37. The van der Waals surface area contributed by atoms with Crippen molar-refractivity contribution in [3.63, 3.8) is 0 Å². The minimum absolute atomic E-state index is 0.116. The van der Waals surface area contributed by atoms with Crippen LogP contribution in [0.25, 0.3) is 0 Å². The van der Waals surface area contributed by atoms with Crippen LogP contribution in [0, 0.1) is 5.92 Å². The Labute approximate surface area is 160 Å². The molecule has 1 aromatic carbocycles. The van der Waals surface area contributed by atoms with E-state index in [-0.39, 0.29) is 24.7 Å². The molecular formula is C21H29NO5. The second kappa shape index (κ2) is 9.53. The zero-order chi connectivity index (χ0) is 19.9. The zero-order valence-corrected chi connectivity index (χ0v) is 16.3. The van der Waals surface area contributed by atoms with Crippen LogP contribution in [0.4, 0.5) is 4.79 Å². The molecule has 1 unspecified atom stereocenters. The number of esters is 1. The van der Waals surface area contributed by atoms with Crippen LogP contribution in [-0.2, 0) is 25.7 Å². The first-order chi connectivity index (χ1) is 12.7. The summed E-state index contributed by atoms with van der Waals surface area (Å²) in [6.07, 6.45) is 2.66. The van der Waals surface area contributed by atoms with Gasteiger partial charge in [-0.25, -0.2) is 9.59 Å². The summed E-state index contributed by atoms with van der Waals surface area (Å²) in [7, 11) is 0. The minimum atomic E-state index is -0.907. The van der Waals surface area contributed by atoms with Crippen molar-refractivity contribution in [1.82, 2.24) is 5.32 Å². The van der Waals surface area contributed by atoms with Crippen LogP contribution in [0.1, 0.15) is 58.4 Å². The summed E-state index contributed by atoms with van der Waals surface area (Å²) >= 11 is 0. The quantitative estimate of drug-likeness (QED) is 0.766. The molecule has 148 valence electrons. The summed E-state index contributed by atoms with van der Waals surface area (Å²) in [6, 6.07) is 8.41. The van der Waals surface area contributed by atoms with Crippen molar-refractivity contribution in [3.05, 3.63) is 35.9 Å². The first kappa shape index (κ1) is 20.9. The van der Waals surface area contributed by atoms with E-state index in [9.17, 15) is 14.4 Å². The summed E-state index contributed by atoms with van der Waals surface area (Å²) in [4.78, 5) is 36.9. The summed E-state index contributed by atoms with van der Waals surface area (Å²) in [5, 5.41) is 2.59. The molecule has 1 aromatic rings. The number of amides is 1. The Morgan fingerprint density at radius 2 is 1.89 bits per heavy atom. The lowest BCUT2D eigenvalue weighted by molar-refractivity contribution is -0.148. The summed E-state index contributed by atoms with van der Waals surface area (Å²) in [5.74, 6) is -0.640. The van der Waals surface area contributed by atoms with Crippen LogP contribution >= 0.6 is 0 Å². The monoisotopic (exact) mass is 375 g/mol. The number of alkyl carbamates (subject to hydrolysis) is 1. The van der Waals surface area contributed by atoms with Gasteiger partial charge in [-0.15, -0.1) is 0 Å². The van der Waals surface area contributed by atoms with Gasteiger partial charge in [0.05, 0.1) is 0 Å². The van der Waals surface area contributed by atoms with E-state index in [1.165, 1.54) is 0 Å².